The fraction of sp³-hybridized carbons (Fsp3) is 0.294. The predicted molar refractivity (Wildman–Crippen MR) is 99.9 cm³/mol. The maximum Gasteiger partial charge on any atom is 0.308 e. The van der Waals surface area contributed by atoms with Gasteiger partial charge in [0.05, 0.1) is 29.8 Å². The van der Waals surface area contributed by atoms with Gasteiger partial charge in [-0.05, 0) is 35.8 Å². The minimum absolute atomic E-state index is 0.00214. The molecular formula is C17H17BrN2O4S. The van der Waals surface area contributed by atoms with Crippen molar-refractivity contribution >= 4 is 38.2 Å². The van der Waals surface area contributed by atoms with Crippen molar-refractivity contribution in [3.8, 4) is 22.8 Å². The topological polar surface area (TPSA) is 73.1 Å². The first-order chi connectivity index (χ1) is 12.0. The van der Waals surface area contributed by atoms with Gasteiger partial charge in [-0.3, -0.25) is 9.20 Å². The molecule has 0 aliphatic carbocycles. The molecule has 2 heterocycles. The number of rotatable bonds is 7. The average Bonchev–Trinajstić information content (AvgIpc) is 3.08. The minimum Gasteiger partial charge on any atom is -0.493 e. The van der Waals surface area contributed by atoms with Crippen LogP contribution in [0, 0.1) is 0 Å². The van der Waals surface area contributed by atoms with Crippen LogP contribution in [-0.4, -0.2) is 33.7 Å². The van der Waals surface area contributed by atoms with Crippen LogP contribution in [0.3, 0.4) is 0 Å². The number of nitrogens with zero attached hydrogens (tertiary/aromatic N) is 2. The van der Waals surface area contributed by atoms with Crippen molar-refractivity contribution in [2.45, 2.75) is 20.3 Å². The highest BCUT2D eigenvalue weighted by Crippen LogP contribution is 2.39. The summed E-state index contributed by atoms with van der Waals surface area (Å²) in [7, 11) is 0. The fourth-order valence-corrected chi connectivity index (χ4v) is 3.89. The molecule has 8 heteroatoms. The molecule has 2 aromatic heterocycles. The van der Waals surface area contributed by atoms with Crippen LogP contribution >= 0.6 is 27.3 Å². The van der Waals surface area contributed by atoms with Crippen LogP contribution in [0.15, 0.2) is 29.0 Å². The van der Waals surface area contributed by atoms with E-state index in [0.717, 1.165) is 31.3 Å². The van der Waals surface area contributed by atoms with E-state index in [4.69, 9.17) is 14.6 Å². The van der Waals surface area contributed by atoms with Gasteiger partial charge in [0.25, 0.3) is 0 Å². The second-order valence-electron chi connectivity index (χ2n) is 5.23. The number of carboxylic acid groups (broad SMARTS) is 1. The summed E-state index contributed by atoms with van der Waals surface area (Å²) >= 11 is 4.90. The maximum absolute atomic E-state index is 10.8. The lowest BCUT2D eigenvalue weighted by Gasteiger charge is -2.13. The molecular weight excluding hydrogens is 408 g/mol. The number of hydrogen-bond donors (Lipinski definition) is 1. The van der Waals surface area contributed by atoms with Crippen molar-refractivity contribution in [3.05, 3.63) is 33.9 Å². The Morgan fingerprint density at radius 1 is 1.24 bits per heavy atom. The summed E-state index contributed by atoms with van der Waals surface area (Å²) in [6, 6.07) is 3.79. The van der Waals surface area contributed by atoms with Crippen LogP contribution in [0.5, 0.6) is 11.5 Å². The van der Waals surface area contributed by atoms with Crippen LogP contribution in [0.4, 0.5) is 0 Å². The molecule has 0 spiro atoms. The highest BCUT2D eigenvalue weighted by atomic mass is 79.9. The van der Waals surface area contributed by atoms with E-state index >= 15 is 0 Å². The molecule has 25 heavy (non-hydrogen) atoms. The van der Waals surface area contributed by atoms with Crippen LogP contribution in [0.1, 0.15) is 18.7 Å². The van der Waals surface area contributed by atoms with Crippen LogP contribution in [0.25, 0.3) is 16.2 Å². The first kappa shape index (κ1) is 17.8. The van der Waals surface area contributed by atoms with E-state index in [-0.39, 0.29) is 6.42 Å². The molecule has 1 aromatic carbocycles. The summed E-state index contributed by atoms with van der Waals surface area (Å²) in [6.45, 7) is 4.95. The summed E-state index contributed by atoms with van der Waals surface area (Å²) < 4.78 is 14.0. The third-order valence-corrected chi connectivity index (χ3v) is 5.06. The van der Waals surface area contributed by atoms with Gasteiger partial charge in [0, 0.05) is 28.9 Å². The van der Waals surface area contributed by atoms with Crippen LogP contribution in [-0.2, 0) is 11.2 Å². The number of carbonyl (C=O) groups is 1. The first-order valence-electron chi connectivity index (χ1n) is 7.80. The van der Waals surface area contributed by atoms with Crippen molar-refractivity contribution < 1.29 is 19.4 Å². The molecule has 1 N–H and O–H groups in total. The molecule has 3 aromatic rings. The molecule has 0 saturated carbocycles. The Balaban J connectivity index is 2.02. The molecule has 6 nitrogen and oxygen atoms in total. The molecule has 0 atom stereocenters. The zero-order valence-electron chi connectivity index (χ0n) is 13.8. The van der Waals surface area contributed by atoms with E-state index in [1.807, 2.05) is 36.6 Å². The largest absolute Gasteiger partial charge is 0.493 e. The van der Waals surface area contributed by atoms with Gasteiger partial charge in [-0.15, -0.1) is 11.3 Å². The fourth-order valence-electron chi connectivity index (χ4n) is 2.48. The number of aromatic nitrogens is 2. The van der Waals surface area contributed by atoms with Gasteiger partial charge < -0.3 is 14.6 Å². The van der Waals surface area contributed by atoms with Crippen molar-refractivity contribution in [1.29, 1.82) is 0 Å². The summed E-state index contributed by atoms with van der Waals surface area (Å²) in [5.74, 6) is 0.573. The Hall–Kier alpha value is -2.06. The number of carboxylic acids is 1. The zero-order valence-corrected chi connectivity index (χ0v) is 16.2. The average molecular weight is 425 g/mol. The number of halogens is 1. The molecule has 0 fully saturated rings. The van der Waals surface area contributed by atoms with Crippen molar-refractivity contribution in [1.82, 2.24) is 9.38 Å². The summed E-state index contributed by atoms with van der Waals surface area (Å²) in [6.07, 6.45) is 3.68. The molecule has 0 aliphatic heterocycles. The number of benzene rings is 1. The highest BCUT2D eigenvalue weighted by Gasteiger charge is 2.16. The van der Waals surface area contributed by atoms with Gasteiger partial charge in [0.15, 0.2) is 4.96 Å². The lowest BCUT2D eigenvalue weighted by Crippen LogP contribution is -1.98. The number of thiazole rings is 1. The minimum atomic E-state index is -0.848. The molecule has 0 amide bonds. The third-order valence-electron chi connectivity index (χ3n) is 3.44. The quantitative estimate of drug-likeness (QED) is 0.613. The Labute approximate surface area is 157 Å². The van der Waals surface area contributed by atoms with E-state index in [1.54, 1.807) is 6.20 Å². The number of hydrogen-bond acceptors (Lipinski definition) is 5. The Morgan fingerprint density at radius 3 is 2.60 bits per heavy atom. The second-order valence-corrected chi connectivity index (χ2v) is 7.18. The SMILES string of the molecule is CCOc1cc(OCC)c(-c2cn3cc(CC(=O)O)sc3n2)cc1Br. The van der Waals surface area contributed by atoms with Gasteiger partial charge in [-0.2, -0.15) is 0 Å². The lowest BCUT2D eigenvalue weighted by molar-refractivity contribution is -0.136. The Bertz CT molecular complexity index is 887. The number of ether oxygens (including phenoxy) is 2. The monoisotopic (exact) mass is 424 g/mol. The molecule has 0 saturated heterocycles. The van der Waals surface area contributed by atoms with Gasteiger partial charge in [0.2, 0.25) is 0 Å². The summed E-state index contributed by atoms with van der Waals surface area (Å²) in [5.41, 5.74) is 1.62. The van der Waals surface area contributed by atoms with Crippen molar-refractivity contribution in [2.24, 2.45) is 0 Å². The van der Waals surface area contributed by atoms with E-state index in [2.05, 4.69) is 20.9 Å². The van der Waals surface area contributed by atoms with Crippen molar-refractivity contribution in [3.63, 3.8) is 0 Å². The Morgan fingerprint density at radius 2 is 1.96 bits per heavy atom. The van der Waals surface area contributed by atoms with Gasteiger partial charge in [-0.1, -0.05) is 0 Å². The zero-order chi connectivity index (χ0) is 18.0. The van der Waals surface area contributed by atoms with Crippen LogP contribution in [0.2, 0.25) is 0 Å². The molecule has 3 rings (SSSR count). The standard InChI is InChI=1S/C17H17BrN2O4S/c1-3-23-14-7-15(24-4-2)12(18)6-11(14)13-9-20-8-10(5-16(21)22)25-17(20)19-13/h6-9H,3-5H2,1-2H3,(H,21,22). The van der Waals surface area contributed by atoms with E-state index in [0.29, 0.717) is 19.0 Å². The highest BCUT2D eigenvalue weighted by molar-refractivity contribution is 9.10. The van der Waals surface area contributed by atoms with Gasteiger partial charge in [0.1, 0.15) is 11.5 Å². The normalized spacial score (nSPS) is 11.0. The molecule has 0 bridgehead atoms. The molecule has 132 valence electrons. The van der Waals surface area contributed by atoms with Gasteiger partial charge >= 0.3 is 5.97 Å². The van der Waals surface area contributed by atoms with Crippen molar-refractivity contribution in [2.75, 3.05) is 13.2 Å². The van der Waals surface area contributed by atoms with Gasteiger partial charge in [-0.25, -0.2) is 4.98 Å². The summed E-state index contributed by atoms with van der Waals surface area (Å²) in [5, 5.41) is 8.90. The van der Waals surface area contributed by atoms with E-state index < -0.39 is 5.97 Å². The van der Waals surface area contributed by atoms with E-state index in [1.165, 1.54) is 11.3 Å². The first-order valence-corrected chi connectivity index (χ1v) is 9.41. The maximum atomic E-state index is 10.8. The number of fused-ring (bicyclic) bond motifs is 1. The van der Waals surface area contributed by atoms with Crippen LogP contribution < -0.4 is 9.47 Å². The molecule has 0 unspecified atom stereocenters. The number of aliphatic carboxylic acids is 1. The molecule has 0 aliphatic rings. The lowest BCUT2D eigenvalue weighted by atomic mass is 10.1. The Kier molecular flexibility index (Phi) is 5.29. The number of imidazole rings is 1. The summed E-state index contributed by atoms with van der Waals surface area (Å²) in [4.78, 5) is 17.0. The third kappa shape index (κ3) is 3.80. The second kappa shape index (κ2) is 7.45. The molecule has 0 radical (unpaired) electrons. The van der Waals surface area contributed by atoms with E-state index in [9.17, 15) is 4.79 Å². The predicted octanol–water partition coefficient (Wildman–Crippen LogP) is 4.25. The smallest absolute Gasteiger partial charge is 0.308 e.